The summed E-state index contributed by atoms with van der Waals surface area (Å²) in [5.41, 5.74) is -1.12. The van der Waals surface area contributed by atoms with Gasteiger partial charge in [-0.05, 0) is 6.92 Å². The summed E-state index contributed by atoms with van der Waals surface area (Å²) in [7, 11) is 0. The minimum Gasteiger partial charge on any atom is -0.480 e. The molecular weight excluding hydrogens is 246 g/mol. The van der Waals surface area contributed by atoms with E-state index in [2.05, 4.69) is 0 Å². The summed E-state index contributed by atoms with van der Waals surface area (Å²) in [6, 6.07) is 8.54. The molecule has 1 atom stereocenters. The molecule has 1 aliphatic heterocycles. The van der Waals surface area contributed by atoms with Crippen molar-refractivity contribution in [2.45, 2.75) is 12.5 Å². The Bertz CT molecular complexity index is 468. The second kappa shape index (κ2) is 5.50. The van der Waals surface area contributed by atoms with Gasteiger partial charge >= 0.3 is 5.97 Å². The number of ether oxygens (including phenoxy) is 1. The summed E-state index contributed by atoms with van der Waals surface area (Å²) in [5, 5.41) is 9.51. The summed E-state index contributed by atoms with van der Waals surface area (Å²) < 4.78 is 5.21. The molecule has 1 saturated heterocycles. The number of Topliss-reactive ketones (excluding diaryl/α,β-unsaturated/α-hetero) is 1. The molecule has 1 N–H and O–H groups in total. The van der Waals surface area contributed by atoms with Gasteiger partial charge in [0.1, 0.15) is 0 Å². The molecule has 0 spiro atoms. The first kappa shape index (κ1) is 13.7. The Morgan fingerprint density at radius 2 is 1.79 bits per heavy atom. The molecule has 0 radical (unpaired) electrons. The Labute approximate surface area is 111 Å². The van der Waals surface area contributed by atoms with Gasteiger partial charge in [0.25, 0.3) is 0 Å². The molecule has 1 aliphatic rings. The van der Waals surface area contributed by atoms with Gasteiger partial charge in [-0.1, -0.05) is 30.3 Å². The maximum Gasteiger partial charge on any atom is 0.332 e. The number of rotatable bonds is 4. The second-order valence-corrected chi connectivity index (χ2v) is 4.67. The largest absolute Gasteiger partial charge is 0.480 e. The van der Waals surface area contributed by atoms with Crippen LogP contribution in [0.25, 0.3) is 0 Å². The van der Waals surface area contributed by atoms with Crippen LogP contribution in [0, 0.1) is 0 Å². The van der Waals surface area contributed by atoms with Gasteiger partial charge in [-0.15, -0.1) is 0 Å². The first-order valence-electron chi connectivity index (χ1n) is 6.23. The Morgan fingerprint density at radius 1 is 1.21 bits per heavy atom. The SMILES string of the molecule is CC(C(=O)O)(C(=O)c1ccccc1)N1CCOCC1. The quantitative estimate of drug-likeness (QED) is 0.649. The minimum absolute atomic E-state index is 0.387. The lowest BCUT2D eigenvalue weighted by molar-refractivity contribution is -0.149. The highest BCUT2D eigenvalue weighted by molar-refractivity contribution is 6.15. The molecule has 1 aromatic carbocycles. The number of nitrogens with zero attached hydrogens (tertiary/aromatic N) is 1. The van der Waals surface area contributed by atoms with Crippen molar-refractivity contribution in [3.63, 3.8) is 0 Å². The van der Waals surface area contributed by atoms with Crippen molar-refractivity contribution in [3.8, 4) is 0 Å². The summed E-state index contributed by atoms with van der Waals surface area (Å²) in [6.45, 7) is 3.26. The molecule has 0 aliphatic carbocycles. The number of carbonyl (C=O) groups is 2. The van der Waals surface area contributed by atoms with Gasteiger partial charge in [0, 0.05) is 18.7 Å². The molecule has 1 heterocycles. The van der Waals surface area contributed by atoms with Crippen LogP contribution >= 0.6 is 0 Å². The van der Waals surface area contributed by atoms with Gasteiger partial charge in [-0.25, -0.2) is 4.79 Å². The highest BCUT2D eigenvalue weighted by atomic mass is 16.5. The van der Waals surface area contributed by atoms with E-state index >= 15 is 0 Å². The fourth-order valence-electron chi connectivity index (χ4n) is 2.26. The van der Waals surface area contributed by atoms with E-state index in [1.54, 1.807) is 35.2 Å². The lowest BCUT2D eigenvalue weighted by atomic mass is 9.89. The number of hydrogen-bond donors (Lipinski definition) is 1. The second-order valence-electron chi connectivity index (χ2n) is 4.67. The Hall–Kier alpha value is -1.72. The van der Waals surface area contributed by atoms with Crippen molar-refractivity contribution in [2.24, 2.45) is 0 Å². The number of benzene rings is 1. The van der Waals surface area contributed by atoms with Crippen molar-refractivity contribution in [2.75, 3.05) is 26.3 Å². The van der Waals surface area contributed by atoms with E-state index in [4.69, 9.17) is 4.74 Å². The monoisotopic (exact) mass is 263 g/mol. The van der Waals surface area contributed by atoms with Crippen LogP contribution in [0.1, 0.15) is 17.3 Å². The van der Waals surface area contributed by atoms with Crippen molar-refractivity contribution >= 4 is 11.8 Å². The van der Waals surface area contributed by atoms with Gasteiger partial charge in [-0.2, -0.15) is 0 Å². The van der Waals surface area contributed by atoms with Crippen LogP contribution in [0.2, 0.25) is 0 Å². The van der Waals surface area contributed by atoms with Crippen molar-refractivity contribution < 1.29 is 19.4 Å². The first-order chi connectivity index (χ1) is 9.06. The van der Waals surface area contributed by atoms with E-state index in [0.717, 1.165) is 0 Å². The Kier molecular flexibility index (Phi) is 3.97. The zero-order valence-corrected chi connectivity index (χ0v) is 10.8. The van der Waals surface area contributed by atoms with Crippen LogP contribution in [-0.2, 0) is 9.53 Å². The van der Waals surface area contributed by atoms with Gasteiger partial charge in [-0.3, -0.25) is 9.69 Å². The van der Waals surface area contributed by atoms with Crippen LogP contribution in [0.15, 0.2) is 30.3 Å². The zero-order valence-electron chi connectivity index (χ0n) is 10.8. The number of carbonyl (C=O) groups excluding carboxylic acids is 1. The number of aliphatic carboxylic acids is 1. The number of ketones is 1. The van der Waals surface area contributed by atoms with Gasteiger partial charge < -0.3 is 9.84 Å². The van der Waals surface area contributed by atoms with E-state index in [1.165, 1.54) is 6.92 Å². The van der Waals surface area contributed by atoms with E-state index < -0.39 is 11.5 Å². The smallest absolute Gasteiger partial charge is 0.332 e. The number of hydrogen-bond acceptors (Lipinski definition) is 4. The lowest BCUT2D eigenvalue weighted by Crippen LogP contribution is -2.61. The summed E-state index contributed by atoms with van der Waals surface area (Å²) in [4.78, 5) is 25.9. The average molecular weight is 263 g/mol. The fraction of sp³-hybridized carbons (Fsp3) is 0.429. The zero-order chi connectivity index (χ0) is 13.9. The van der Waals surface area contributed by atoms with Crippen LogP contribution in [-0.4, -0.2) is 53.6 Å². The molecule has 1 unspecified atom stereocenters. The van der Waals surface area contributed by atoms with Crippen molar-refractivity contribution in [1.29, 1.82) is 0 Å². The fourth-order valence-corrected chi connectivity index (χ4v) is 2.26. The standard InChI is InChI=1S/C14H17NO4/c1-14(13(17)18,15-7-9-19-10-8-15)12(16)11-5-3-2-4-6-11/h2-6H,7-10H2,1H3,(H,17,18). The summed E-state index contributed by atoms with van der Waals surface area (Å²) in [6.07, 6.45) is 0. The van der Waals surface area contributed by atoms with Gasteiger partial charge in [0.05, 0.1) is 13.2 Å². The molecule has 5 nitrogen and oxygen atoms in total. The molecule has 2 rings (SSSR count). The van der Waals surface area contributed by atoms with E-state index in [1.807, 2.05) is 0 Å². The molecule has 0 bridgehead atoms. The maximum atomic E-state index is 12.5. The number of morpholine rings is 1. The van der Waals surface area contributed by atoms with Crippen molar-refractivity contribution in [3.05, 3.63) is 35.9 Å². The molecule has 0 amide bonds. The maximum absolute atomic E-state index is 12.5. The van der Waals surface area contributed by atoms with Crippen LogP contribution in [0.5, 0.6) is 0 Å². The summed E-state index contributed by atoms with van der Waals surface area (Å²) >= 11 is 0. The molecule has 1 fully saturated rings. The predicted octanol–water partition coefficient (Wildman–Crippen LogP) is 1.04. The number of carboxylic acids is 1. The van der Waals surface area contributed by atoms with Gasteiger partial charge in [0.2, 0.25) is 0 Å². The van der Waals surface area contributed by atoms with Crippen molar-refractivity contribution in [1.82, 2.24) is 4.90 Å². The van der Waals surface area contributed by atoms with Gasteiger partial charge in [0.15, 0.2) is 11.3 Å². The normalized spacial score (nSPS) is 19.6. The van der Waals surface area contributed by atoms with Crippen LogP contribution < -0.4 is 0 Å². The minimum atomic E-state index is -1.54. The highest BCUT2D eigenvalue weighted by Crippen LogP contribution is 2.22. The molecule has 5 heteroatoms. The third-order valence-corrected chi connectivity index (χ3v) is 3.54. The molecule has 102 valence electrons. The van der Waals surface area contributed by atoms with Crippen LogP contribution in [0.4, 0.5) is 0 Å². The van der Waals surface area contributed by atoms with E-state index in [-0.39, 0.29) is 5.78 Å². The lowest BCUT2D eigenvalue weighted by Gasteiger charge is -2.38. The van der Waals surface area contributed by atoms with Crippen LogP contribution in [0.3, 0.4) is 0 Å². The molecule has 19 heavy (non-hydrogen) atoms. The predicted molar refractivity (Wildman–Crippen MR) is 69.2 cm³/mol. The topological polar surface area (TPSA) is 66.8 Å². The Morgan fingerprint density at radius 3 is 2.32 bits per heavy atom. The molecule has 0 saturated carbocycles. The Balaban J connectivity index is 2.33. The first-order valence-corrected chi connectivity index (χ1v) is 6.23. The van der Waals surface area contributed by atoms with E-state index in [0.29, 0.717) is 31.9 Å². The number of carboxylic acid groups (broad SMARTS) is 1. The third-order valence-electron chi connectivity index (χ3n) is 3.54. The molecule has 1 aromatic rings. The highest BCUT2D eigenvalue weighted by Gasteiger charge is 2.47. The third kappa shape index (κ3) is 2.52. The summed E-state index contributed by atoms with van der Waals surface area (Å²) in [5.74, 6) is -1.51. The molecular formula is C14H17NO4. The molecule has 0 aromatic heterocycles. The van der Waals surface area contributed by atoms with E-state index in [9.17, 15) is 14.7 Å². The average Bonchev–Trinajstić information content (AvgIpc) is 2.47.